The molecule has 0 saturated carbocycles. The van der Waals surface area contributed by atoms with Gasteiger partial charge in [0.05, 0.1) is 41.4 Å². The first kappa shape index (κ1) is 26.9. The zero-order valence-electron chi connectivity index (χ0n) is 20.0. The number of rotatable bonds is 7. The Morgan fingerprint density at radius 3 is 2.58 bits per heavy atom. The summed E-state index contributed by atoms with van der Waals surface area (Å²) >= 11 is 3.36. The molecule has 0 aliphatic carbocycles. The molecule has 0 bridgehead atoms. The molecule has 4 rings (SSSR count). The highest BCUT2D eigenvalue weighted by Crippen LogP contribution is 2.36. The number of para-hydroxylation sites is 1. The number of ether oxygens (including phenoxy) is 3. The summed E-state index contributed by atoms with van der Waals surface area (Å²) in [5.74, 6) is -0.161. The summed E-state index contributed by atoms with van der Waals surface area (Å²) in [7, 11) is 2.63. The molecule has 0 aliphatic heterocycles. The Kier molecular flexibility index (Phi) is 7.81. The fraction of sp³-hybridized carbons (Fsp3) is 0.154. The van der Waals surface area contributed by atoms with Gasteiger partial charge < -0.3 is 14.2 Å². The van der Waals surface area contributed by atoms with Crippen LogP contribution in [-0.4, -0.2) is 42.7 Å². The normalized spacial score (nSPS) is 11.6. The summed E-state index contributed by atoms with van der Waals surface area (Å²) in [6.07, 6.45) is -3.26. The molecule has 0 amide bonds. The molecule has 0 aliphatic rings. The first-order valence-electron chi connectivity index (χ1n) is 10.9. The minimum atomic E-state index is -4.58. The number of alkyl halides is 3. The maximum atomic E-state index is 13.4. The van der Waals surface area contributed by atoms with Crippen LogP contribution < -0.4 is 15.0 Å². The van der Waals surface area contributed by atoms with Crippen LogP contribution in [0.1, 0.15) is 11.1 Å². The van der Waals surface area contributed by atoms with E-state index in [4.69, 9.17) is 9.47 Å². The Balaban J connectivity index is 1.82. The molecule has 196 valence electrons. The van der Waals surface area contributed by atoms with E-state index in [-0.39, 0.29) is 34.9 Å². The Morgan fingerprint density at radius 2 is 1.87 bits per heavy atom. The molecule has 0 atom stereocenters. The maximum Gasteiger partial charge on any atom is 0.416 e. The van der Waals surface area contributed by atoms with Crippen molar-refractivity contribution in [3.63, 3.8) is 0 Å². The van der Waals surface area contributed by atoms with Crippen LogP contribution in [-0.2, 0) is 15.7 Å². The van der Waals surface area contributed by atoms with Crippen molar-refractivity contribution >= 4 is 39.0 Å². The lowest BCUT2D eigenvalue weighted by Crippen LogP contribution is -2.20. The second-order valence-electron chi connectivity index (χ2n) is 7.79. The lowest BCUT2D eigenvalue weighted by Gasteiger charge is -2.13. The topological polar surface area (TPSA) is 92.0 Å². The van der Waals surface area contributed by atoms with Crippen LogP contribution >= 0.6 is 15.9 Å². The van der Waals surface area contributed by atoms with Crippen molar-refractivity contribution in [2.45, 2.75) is 6.18 Å². The molecule has 0 spiro atoms. The number of carbonyl (C=O) groups excluding carboxylic acids is 1. The zero-order chi connectivity index (χ0) is 27.4. The minimum Gasteiger partial charge on any atom is -0.493 e. The van der Waals surface area contributed by atoms with Crippen molar-refractivity contribution in [1.82, 2.24) is 9.66 Å². The molecule has 1 heterocycles. The maximum absolute atomic E-state index is 13.4. The second-order valence-corrected chi connectivity index (χ2v) is 8.65. The summed E-state index contributed by atoms with van der Waals surface area (Å²) < 4.78 is 56.9. The number of hydrogen-bond acceptors (Lipinski definition) is 7. The summed E-state index contributed by atoms with van der Waals surface area (Å²) in [6.45, 7) is -0.350. The first-order chi connectivity index (χ1) is 18.1. The molecule has 0 saturated heterocycles. The number of methoxy groups -OCH3 is 2. The Bertz CT molecular complexity index is 1600. The highest BCUT2D eigenvalue weighted by atomic mass is 79.9. The number of aromatic nitrogens is 2. The summed E-state index contributed by atoms with van der Waals surface area (Å²) in [6, 6.07) is 14.1. The SMILES string of the molecule is COC(=O)COc1c(Br)cc(C=Nn2c(-c3cccc(C(F)(F)F)c3)nc3ccccc3c2=O)cc1OC. The van der Waals surface area contributed by atoms with Crippen molar-refractivity contribution in [1.29, 1.82) is 0 Å². The number of esters is 1. The molecule has 0 radical (unpaired) electrons. The lowest BCUT2D eigenvalue weighted by atomic mass is 10.1. The van der Waals surface area contributed by atoms with E-state index in [0.29, 0.717) is 15.6 Å². The number of hydrogen-bond donors (Lipinski definition) is 0. The molecule has 38 heavy (non-hydrogen) atoms. The van der Waals surface area contributed by atoms with Crippen LogP contribution in [0, 0.1) is 0 Å². The highest BCUT2D eigenvalue weighted by molar-refractivity contribution is 9.10. The van der Waals surface area contributed by atoms with Gasteiger partial charge in [0.2, 0.25) is 0 Å². The van der Waals surface area contributed by atoms with Crippen molar-refractivity contribution < 1.29 is 32.2 Å². The number of benzene rings is 3. The number of carbonyl (C=O) groups is 1. The van der Waals surface area contributed by atoms with Gasteiger partial charge in [-0.15, -0.1) is 0 Å². The van der Waals surface area contributed by atoms with Crippen molar-refractivity contribution in [3.05, 3.63) is 86.6 Å². The summed E-state index contributed by atoms with van der Waals surface area (Å²) in [4.78, 5) is 29.2. The van der Waals surface area contributed by atoms with E-state index in [1.807, 2.05) is 0 Å². The predicted molar refractivity (Wildman–Crippen MR) is 138 cm³/mol. The van der Waals surface area contributed by atoms with E-state index in [1.54, 1.807) is 36.4 Å². The average Bonchev–Trinajstić information content (AvgIpc) is 2.91. The molecule has 3 aromatic carbocycles. The molecule has 4 aromatic rings. The predicted octanol–water partition coefficient (Wildman–Crippen LogP) is 5.29. The first-order valence-corrected chi connectivity index (χ1v) is 11.7. The third kappa shape index (κ3) is 5.70. The average molecular weight is 590 g/mol. The Hall–Kier alpha value is -4.19. The van der Waals surface area contributed by atoms with Gasteiger partial charge in [0.15, 0.2) is 23.9 Å². The summed E-state index contributed by atoms with van der Waals surface area (Å²) in [5, 5.41) is 4.51. The van der Waals surface area contributed by atoms with Gasteiger partial charge in [-0.1, -0.05) is 24.3 Å². The quantitative estimate of drug-likeness (QED) is 0.215. The standard InChI is InChI=1S/C26H19BrF3N3O5/c1-36-21-11-15(10-19(27)23(21)38-14-22(34)37-2)13-31-33-24(16-6-5-7-17(12-16)26(28,29)30)32-20-9-4-3-8-18(20)25(33)35/h3-13H,14H2,1-2H3. The van der Waals surface area contributed by atoms with E-state index in [1.165, 1.54) is 32.6 Å². The second kappa shape index (κ2) is 11.1. The molecular weight excluding hydrogens is 571 g/mol. The van der Waals surface area contributed by atoms with Gasteiger partial charge in [-0.05, 0) is 57.9 Å². The molecule has 8 nitrogen and oxygen atoms in total. The van der Waals surface area contributed by atoms with Gasteiger partial charge in [0.25, 0.3) is 5.56 Å². The summed E-state index contributed by atoms with van der Waals surface area (Å²) in [5.41, 5.74) is -0.625. The van der Waals surface area contributed by atoms with Gasteiger partial charge in [-0.2, -0.15) is 22.9 Å². The van der Waals surface area contributed by atoms with E-state index in [2.05, 4.69) is 30.8 Å². The number of halogens is 4. The third-order valence-electron chi connectivity index (χ3n) is 5.34. The van der Waals surface area contributed by atoms with Crippen LogP contribution in [0.3, 0.4) is 0 Å². The smallest absolute Gasteiger partial charge is 0.416 e. The number of fused-ring (bicyclic) bond motifs is 1. The monoisotopic (exact) mass is 589 g/mol. The van der Waals surface area contributed by atoms with Crippen LogP contribution in [0.15, 0.2) is 75.0 Å². The molecular formula is C26H19BrF3N3O5. The van der Waals surface area contributed by atoms with Crippen molar-refractivity contribution in [3.8, 4) is 22.9 Å². The fourth-order valence-corrected chi connectivity index (χ4v) is 4.10. The van der Waals surface area contributed by atoms with E-state index in [9.17, 15) is 22.8 Å². The zero-order valence-corrected chi connectivity index (χ0v) is 21.5. The van der Waals surface area contributed by atoms with Crippen LogP contribution in [0.25, 0.3) is 22.3 Å². The van der Waals surface area contributed by atoms with Crippen LogP contribution in [0.5, 0.6) is 11.5 Å². The van der Waals surface area contributed by atoms with Crippen molar-refractivity contribution in [2.75, 3.05) is 20.8 Å². The van der Waals surface area contributed by atoms with E-state index >= 15 is 0 Å². The molecule has 12 heteroatoms. The van der Waals surface area contributed by atoms with Gasteiger partial charge in [0, 0.05) is 5.56 Å². The molecule has 1 aromatic heterocycles. The minimum absolute atomic E-state index is 0.0603. The lowest BCUT2D eigenvalue weighted by molar-refractivity contribution is -0.143. The van der Waals surface area contributed by atoms with Gasteiger partial charge in [-0.25, -0.2) is 9.78 Å². The van der Waals surface area contributed by atoms with Gasteiger partial charge in [0.1, 0.15) is 0 Å². The largest absolute Gasteiger partial charge is 0.493 e. The Morgan fingerprint density at radius 1 is 1.11 bits per heavy atom. The van der Waals surface area contributed by atoms with Crippen LogP contribution in [0.2, 0.25) is 0 Å². The fourth-order valence-electron chi connectivity index (χ4n) is 3.52. The molecule has 0 N–H and O–H groups in total. The molecule has 0 fully saturated rings. The molecule has 0 unspecified atom stereocenters. The van der Waals surface area contributed by atoms with Gasteiger partial charge >= 0.3 is 12.1 Å². The van der Waals surface area contributed by atoms with Gasteiger partial charge in [-0.3, -0.25) is 4.79 Å². The number of nitrogens with zero attached hydrogens (tertiary/aromatic N) is 3. The third-order valence-corrected chi connectivity index (χ3v) is 5.93. The van der Waals surface area contributed by atoms with E-state index in [0.717, 1.165) is 16.8 Å². The van der Waals surface area contributed by atoms with Crippen molar-refractivity contribution in [2.24, 2.45) is 5.10 Å². The van der Waals surface area contributed by atoms with Crippen LogP contribution in [0.4, 0.5) is 13.2 Å². The van der Waals surface area contributed by atoms with E-state index < -0.39 is 23.3 Å². The Labute approximate surface area is 222 Å². The highest BCUT2D eigenvalue weighted by Gasteiger charge is 2.31.